The molecule has 0 saturated heterocycles. The van der Waals surface area contributed by atoms with Gasteiger partial charge in [0.25, 0.3) is 5.91 Å². The fourth-order valence-electron chi connectivity index (χ4n) is 2.87. The van der Waals surface area contributed by atoms with Crippen molar-refractivity contribution in [2.75, 3.05) is 5.32 Å². The Bertz CT molecular complexity index is 1010. The number of aromatic nitrogens is 3. The Morgan fingerprint density at radius 2 is 2.11 bits per heavy atom. The Morgan fingerprint density at radius 3 is 2.82 bits per heavy atom. The number of nitrogens with zero attached hydrogens (tertiary/aromatic N) is 2. The highest BCUT2D eigenvalue weighted by atomic mass is 32.1. The van der Waals surface area contributed by atoms with Gasteiger partial charge in [-0.1, -0.05) is 17.7 Å². The fourth-order valence-corrected chi connectivity index (χ4v) is 3.50. The molecule has 1 aliphatic rings. The first-order chi connectivity index (χ1) is 13.5. The van der Waals surface area contributed by atoms with Crippen LogP contribution in [0.2, 0.25) is 0 Å². The summed E-state index contributed by atoms with van der Waals surface area (Å²) in [7, 11) is 0. The summed E-state index contributed by atoms with van der Waals surface area (Å²) in [5.41, 5.74) is 2.42. The van der Waals surface area contributed by atoms with Gasteiger partial charge in [-0.3, -0.25) is 14.7 Å². The molecule has 1 saturated carbocycles. The summed E-state index contributed by atoms with van der Waals surface area (Å²) in [6, 6.07) is 8.55. The molecule has 0 unspecified atom stereocenters. The molecule has 0 bridgehead atoms. The van der Waals surface area contributed by atoms with Crippen molar-refractivity contribution in [3.8, 4) is 11.4 Å². The summed E-state index contributed by atoms with van der Waals surface area (Å²) in [5.74, 6) is 1.37. The van der Waals surface area contributed by atoms with E-state index >= 15 is 0 Å². The van der Waals surface area contributed by atoms with Gasteiger partial charge in [-0.25, -0.2) is 4.98 Å². The third-order valence-corrected chi connectivity index (χ3v) is 5.50. The monoisotopic (exact) mass is 395 g/mol. The largest absolute Gasteiger partial charge is 0.340 e. The van der Waals surface area contributed by atoms with Crippen LogP contribution in [0.4, 0.5) is 5.69 Å². The summed E-state index contributed by atoms with van der Waals surface area (Å²) < 4.78 is 0. The summed E-state index contributed by atoms with van der Waals surface area (Å²) in [5, 5.41) is 14.8. The molecule has 7 nitrogen and oxygen atoms in total. The van der Waals surface area contributed by atoms with E-state index in [2.05, 4.69) is 25.8 Å². The van der Waals surface area contributed by atoms with Crippen molar-refractivity contribution in [1.29, 1.82) is 0 Å². The van der Waals surface area contributed by atoms with Crippen molar-refractivity contribution in [2.24, 2.45) is 0 Å². The molecule has 0 radical (unpaired) electrons. The zero-order valence-corrected chi connectivity index (χ0v) is 16.5. The third kappa shape index (κ3) is 3.96. The molecule has 144 valence electrons. The quantitative estimate of drug-likeness (QED) is 0.595. The number of aromatic amines is 1. The number of hydrogen-bond donors (Lipinski definition) is 3. The minimum Gasteiger partial charge on any atom is -0.340 e. The van der Waals surface area contributed by atoms with Crippen LogP contribution in [0.25, 0.3) is 11.4 Å². The van der Waals surface area contributed by atoms with Crippen molar-refractivity contribution >= 4 is 28.8 Å². The van der Waals surface area contributed by atoms with E-state index in [0.29, 0.717) is 22.3 Å². The predicted octanol–water partition coefficient (Wildman–Crippen LogP) is 3.48. The normalized spacial score (nSPS) is 14.5. The molecule has 3 N–H and O–H groups in total. The second-order valence-electron chi connectivity index (χ2n) is 7.03. The molecule has 2 heterocycles. The van der Waals surface area contributed by atoms with Crippen LogP contribution in [0, 0.1) is 6.92 Å². The van der Waals surface area contributed by atoms with Gasteiger partial charge >= 0.3 is 0 Å². The van der Waals surface area contributed by atoms with Gasteiger partial charge in [0.05, 0.1) is 10.6 Å². The Kier molecular flexibility index (Phi) is 4.95. The van der Waals surface area contributed by atoms with E-state index in [-0.39, 0.29) is 11.8 Å². The molecular formula is C20H21N5O2S. The van der Waals surface area contributed by atoms with E-state index in [1.807, 2.05) is 30.5 Å². The van der Waals surface area contributed by atoms with Crippen molar-refractivity contribution in [2.45, 2.75) is 38.6 Å². The van der Waals surface area contributed by atoms with Crippen LogP contribution in [0.3, 0.4) is 0 Å². The number of hydrogen-bond acceptors (Lipinski definition) is 5. The van der Waals surface area contributed by atoms with E-state index in [1.54, 1.807) is 19.1 Å². The van der Waals surface area contributed by atoms with Gasteiger partial charge in [0.1, 0.15) is 11.9 Å². The van der Waals surface area contributed by atoms with Crippen LogP contribution < -0.4 is 10.6 Å². The highest BCUT2D eigenvalue weighted by Gasteiger charge is 2.28. The molecule has 1 atom stereocenters. The second-order valence-corrected chi connectivity index (χ2v) is 7.98. The maximum atomic E-state index is 12.6. The maximum absolute atomic E-state index is 12.6. The standard InChI is InChI=1S/C20H21N5O2S/c1-11-5-8-15(14(10-11)18-23-17(24-25-18)13-6-7-13)22-19(26)12(2)21-20(27)16-4-3-9-28-16/h3-5,8-10,12-13H,6-7H2,1-2H3,(H,21,27)(H,22,26)(H,23,24,25)/t12-/m1/s1. The second kappa shape index (κ2) is 7.55. The van der Waals surface area contributed by atoms with Crippen molar-refractivity contribution < 1.29 is 9.59 Å². The number of H-pyrrole nitrogens is 1. The number of carbonyl (C=O) groups excluding carboxylic acids is 2. The molecular weight excluding hydrogens is 374 g/mol. The summed E-state index contributed by atoms with van der Waals surface area (Å²) in [4.78, 5) is 30.0. The number of thiophene rings is 1. The Labute approximate surface area is 166 Å². The van der Waals surface area contributed by atoms with Gasteiger partial charge in [0.15, 0.2) is 5.82 Å². The molecule has 1 aromatic carbocycles. The average molecular weight is 395 g/mol. The van der Waals surface area contributed by atoms with Crippen LogP contribution in [-0.4, -0.2) is 33.0 Å². The number of carbonyl (C=O) groups is 2. The zero-order chi connectivity index (χ0) is 19.7. The van der Waals surface area contributed by atoms with Gasteiger partial charge in [-0.15, -0.1) is 11.3 Å². The van der Waals surface area contributed by atoms with E-state index in [9.17, 15) is 9.59 Å². The molecule has 1 fully saturated rings. The predicted molar refractivity (Wildman–Crippen MR) is 108 cm³/mol. The average Bonchev–Trinajstić information content (AvgIpc) is 3.18. The third-order valence-electron chi connectivity index (χ3n) is 4.63. The minimum absolute atomic E-state index is 0.259. The highest BCUT2D eigenvalue weighted by molar-refractivity contribution is 7.12. The highest BCUT2D eigenvalue weighted by Crippen LogP contribution is 2.39. The van der Waals surface area contributed by atoms with Crippen molar-refractivity contribution in [3.63, 3.8) is 0 Å². The SMILES string of the molecule is Cc1ccc(NC(=O)[C@@H](C)NC(=O)c2cccs2)c(-c2n[nH]c(C3CC3)n2)c1. The first-order valence-electron chi connectivity index (χ1n) is 9.20. The molecule has 8 heteroatoms. The van der Waals surface area contributed by atoms with Gasteiger partial charge < -0.3 is 10.6 Å². The van der Waals surface area contributed by atoms with Gasteiger partial charge in [0.2, 0.25) is 5.91 Å². The van der Waals surface area contributed by atoms with Crippen LogP contribution in [0.1, 0.15) is 46.7 Å². The van der Waals surface area contributed by atoms with Crippen molar-refractivity contribution in [1.82, 2.24) is 20.5 Å². The molecule has 2 aromatic heterocycles. The topological polar surface area (TPSA) is 99.8 Å². The number of aryl methyl sites for hydroxylation is 1. The zero-order valence-electron chi connectivity index (χ0n) is 15.7. The lowest BCUT2D eigenvalue weighted by atomic mass is 10.1. The molecule has 0 aliphatic heterocycles. The van der Waals surface area contributed by atoms with E-state index in [4.69, 9.17) is 0 Å². The molecule has 28 heavy (non-hydrogen) atoms. The van der Waals surface area contributed by atoms with Gasteiger partial charge in [0, 0.05) is 11.5 Å². The summed E-state index contributed by atoms with van der Waals surface area (Å²) in [6.45, 7) is 3.64. The molecule has 3 aromatic rings. The number of nitrogens with one attached hydrogen (secondary N) is 3. The van der Waals surface area contributed by atoms with Crippen LogP contribution >= 0.6 is 11.3 Å². The lowest BCUT2D eigenvalue weighted by Gasteiger charge is -2.15. The summed E-state index contributed by atoms with van der Waals surface area (Å²) in [6.07, 6.45) is 2.26. The Balaban J connectivity index is 1.50. The molecule has 1 aliphatic carbocycles. The van der Waals surface area contributed by atoms with Gasteiger partial charge in [-0.2, -0.15) is 5.10 Å². The smallest absolute Gasteiger partial charge is 0.261 e. The van der Waals surface area contributed by atoms with E-state index in [0.717, 1.165) is 29.8 Å². The van der Waals surface area contributed by atoms with Crippen LogP contribution in [-0.2, 0) is 4.79 Å². The van der Waals surface area contributed by atoms with E-state index < -0.39 is 6.04 Å². The van der Waals surface area contributed by atoms with Gasteiger partial charge in [-0.05, 0) is 50.3 Å². The number of rotatable bonds is 6. The number of anilines is 1. The van der Waals surface area contributed by atoms with Crippen LogP contribution in [0.15, 0.2) is 35.7 Å². The maximum Gasteiger partial charge on any atom is 0.261 e. The number of amides is 2. The van der Waals surface area contributed by atoms with Crippen molar-refractivity contribution in [3.05, 3.63) is 52.0 Å². The van der Waals surface area contributed by atoms with E-state index in [1.165, 1.54) is 11.3 Å². The lowest BCUT2D eigenvalue weighted by molar-refractivity contribution is -0.117. The first kappa shape index (κ1) is 18.4. The lowest BCUT2D eigenvalue weighted by Crippen LogP contribution is -2.41. The molecule has 2 amide bonds. The summed E-state index contributed by atoms with van der Waals surface area (Å²) >= 11 is 1.34. The Morgan fingerprint density at radius 1 is 1.29 bits per heavy atom. The number of benzene rings is 1. The van der Waals surface area contributed by atoms with Crippen LogP contribution in [0.5, 0.6) is 0 Å². The first-order valence-corrected chi connectivity index (χ1v) is 10.1. The molecule has 0 spiro atoms. The fraction of sp³-hybridized carbons (Fsp3) is 0.300. The Hall–Kier alpha value is -3.00. The molecule has 4 rings (SSSR count). The minimum atomic E-state index is -0.682.